The van der Waals surface area contributed by atoms with Gasteiger partial charge in [0.05, 0.1) is 6.20 Å². The van der Waals surface area contributed by atoms with E-state index in [9.17, 15) is 4.79 Å². The van der Waals surface area contributed by atoms with Crippen molar-refractivity contribution in [1.82, 2.24) is 29.8 Å². The highest BCUT2D eigenvalue weighted by Crippen LogP contribution is 1.95. The molecule has 2 aromatic heterocycles. The molecule has 0 aliphatic rings. The minimum absolute atomic E-state index is 0.312. The summed E-state index contributed by atoms with van der Waals surface area (Å²) < 4.78 is 3.18. The zero-order valence-electron chi connectivity index (χ0n) is 7.53. The molecule has 0 aliphatic carbocycles. The van der Waals surface area contributed by atoms with Crippen molar-refractivity contribution in [3.63, 3.8) is 0 Å². The second-order valence-corrected chi connectivity index (χ2v) is 2.76. The number of hydrogen-bond acceptors (Lipinski definition) is 5. The van der Waals surface area contributed by atoms with Gasteiger partial charge in [0.1, 0.15) is 24.4 Å². The number of carbonyl (C=O) groups excluding carboxylic acids is 1. The van der Waals surface area contributed by atoms with Crippen LogP contribution in [0.2, 0.25) is 0 Å². The van der Waals surface area contributed by atoms with E-state index < -0.39 is 0 Å². The molecule has 0 aromatic carbocycles. The molecule has 0 amide bonds. The van der Waals surface area contributed by atoms with Crippen LogP contribution in [0.3, 0.4) is 0 Å². The summed E-state index contributed by atoms with van der Waals surface area (Å²) in [6.45, 7) is 0.456. The third-order valence-corrected chi connectivity index (χ3v) is 1.79. The SMILES string of the molecule is Cn1ncnc1Cn1cc(C=O)nn1. The van der Waals surface area contributed by atoms with Gasteiger partial charge in [-0.15, -0.1) is 5.10 Å². The molecule has 0 saturated carbocycles. The number of carbonyl (C=O) groups is 1. The number of aryl methyl sites for hydroxylation is 1. The molecule has 0 saturated heterocycles. The molecule has 0 fully saturated rings. The molecule has 0 atom stereocenters. The van der Waals surface area contributed by atoms with E-state index in [1.807, 2.05) is 0 Å². The normalized spacial score (nSPS) is 10.4. The van der Waals surface area contributed by atoms with Crippen LogP contribution in [0.1, 0.15) is 16.3 Å². The van der Waals surface area contributed by atoms with Crippen molar-refractivity contribution in [1.29, 1.82) is 0 Å². The van der Waals surface area contributed by atoms with Gasteiger partial charge in [-0.2, -0.15) is 5.10 Å². The summed E-state index contributed by atoms with van der Waals surface area (Å²) >= 11 is 0. The van der Waals surface area contributed by atoms with Crippen LogP contribution >= 0.6 is 0 Å². The van der Waals surface area contributed by atoms with Crippen molar-refractivity contribution in [2.75, 3.05) is 0 Å². The lowest BCUT2D eigenvalue weighted by molar-refractivity contribution is 0.111. The van der Waals surface area contributed by atoms with Crippen LogP contribution in [0.25, 0.3) is 0 Å². The first-order chi connectivity index (χ1) is 6.79. The van der Waals surface area contributed by atoms with Crippen molar-refractivity contribution >= 4 is 6.29 Å². The second-order valence-electron chi connectivity index (χ2n) is 2.76. The molecule has 2 rings (SSSR count). The summed E-state index contributed by atoms with van der Waals surface area (Å²) in [5.41, 5.74) is 0.312. The van der Waals surface area contributed by atoms with Gasteiger partial charge in [0, 0.05) is 7.05 Å². The first-order valence-electron chi connectivity index (χ1n) is 3.98. The molecule has 0 aliphatic heterocycles. The topological polar surface area (TPSA) is 78.5 Å². The van der Waals surface area contributed by atoms with E-state index >= 15 is 0 Å². The van der Waals surface area contributed by atoms with Crippen LogP contribution in [-0.2, 0) is 13.6 Å². The van der Waals surface area contributed by atoms with Gasteiger partial charge in [-0.25, -0.2) is 9.67 Å². The average molecular weight is 192 g/mol. The largest absolute Gasteiger partial charge is 0.296 e. The minimum Gasteiger partial charge on any atom is -0.296 e. The number of aldehydes is 1. The maximum absolute atomic E-state index is 10.3. The minimum atomic E-state index is 0.312. The van der Waals surface area contributed by atoms with Crippen molar-refractivity contribution < 1.29 is 4.79 Å². The third kappa shape index (κ3) is 1.51. The second kappa shape index (κ2) is 3.36. The lowest BCUT2D eigenvalue weighted by Crippen LogP contribution is -2.07. The molecule has 2 heterocycles. The first kappa shape index (κ1) is 8.54. The van der Waals surface area contributed by atoms with Gasteiger partial charge < -0.3 is 0 Å². The van der Waals surface area contributed by atoms with Crippen molar-refractivity contribution in [3.8, 4) is 0 Å². The highest BCUT2D eigenvalue weighted by molar-refractivity contribution is 5.70. The summed E-state index contributed by atoms with van der Waals surface area (Å²) in [6, 6.07) is 0. The third-order valence-electron chi connectivity index (χ3n) is 1.79. The quantitative estimate of drug-likeness (QED) is 0.599. The van der Waals surface area contributed by atoms with Gasteiger partial charge >= 0.3 is 0 Å². The van der Waals surface area contributed by atoms with E-state index in [0.717, 1.165) is 5.82 Å². The Morgan fingerprint density at radius 1 is 1.57 bits per heavy atom. The van der Waals surface area contributed by atoms with Gasteiger partial charge in [-0.1, -0.05) is 5.21 Å². The Hall–Kier alpha value is -2.05. The number of rotatable bonds is 3. The van der Waals surface area contributed by atoms with E-state index in [2.05, 4.69) is 20.4 Å². The monoisotopic (exact) mass is 192 g/mol. The summed E-state index contributed by atoms with van der Waals surface area (Å²) in [4.78, 5) is 14.4. The molecule has 7 heteroatoms. The van der Waals surface area contributed by atoms with E-state index in [-0.39, 0.29) is 0 Å². The molecular weight excluding hydrogens is 184 g/mol. The zero-order chi connectivity index (χ0) is 9.97. The summed E-state index contributed by atoms with van der Waals surface area (Å²) in [6.07, 6.45) is 3.68. The maximum Gasteiger partial charge on any atom is 0.171 e. The van der Waals surface area contributed by atoms with Gasteiger partial charge in [-0.05, 0) is 0 Å². The maximum atomic E-state index is 10.3. The molecular formula is C7H8N6O. The zero-order valence-corrected chi connectivity index (χ0v) is 7.53. The Kier molecular flexibility index (Phi) is 2.05. The van der Waals surface area contributed by atoms with Gasteiger partial charge in [0.2, 0.25) is 0 Å². The first-order valence-corrected chi connectivity index (χ1v) is 3.98. The van der Waals surface area contributed by atoms with Crippen LogP contribution in [0.15, 0.2) is 12.5 Å². The molecule has 7 nitrogen and oxygen atoms in total. The molecule has 14 heavy (non-hydrogen) atoms. The van der Waals surface area contributed by atoms with E-state index in [1.54, 1.807) is 17.9 Å². The lowest BCUT2D eigenvalue weighted by atomic mass is 10.5. The number of aromatic nitrogens is 6. The fourth-order valence-corrected chi connectivity index (χ4v) is 1.05. The van der Waals surface area contributed by atoms with Crippen molar-refractivity contribution in [2.45, 2.75) is 6.54 Å². The molecule has 2 aromatic rings. The average Bonchev–Trinajstić information content (AvgIpc) is 2.77. The van der Waals surface area contributed by atoms with Crippen LogP contribution in [0, 0.1) is 0 Å². The molecule has 0 spiro atoms. The predicted molar refractivity (Wildman–Crippen MR) is 45.5 cm³/mol. The Balaban J connectivity index is 2.18. The smallest absolute Gasteiger partial charge is 0.171 e. The standard InChI is InChI=1S/C7H8N6O/c1-12-7(8-5-9-12)3-13-2-6(4-14)10-11-13/h2,4-5H,3H2,1H3. The Morgan fingerprint density at radius 3 is 3.00 bits per heavy atom. The molecule has 0 bridgehead atoms. The summed E-state index contributed by atoms with van der Waals surface area (Å²) in [5.74, 6) is 0.757. The Morgan fingerprint density at radius 2 is 2.43 bits per heavy atom. The fraction of sp³-hybridized carbons (Fsp3) is 0.286. The van der Waals surface area contributed by atoms with Crippen LogP contribution in [0.4, 0.5) is 0 Å². The fourth-order valence-electron chi connectivity index (χ4n) is 1.05. The Labute approximate surface area is 79.4 Å². The summed E-state index contributed by atoms with van der Waals surface area (Å²) in [5, 5.41) is 11.3. The molecule has 72 valence electrons. The lowest BCUT2D eigenvalue weighted by Gasteiger charge is -1.98. The van der Waals surface area contributed by atoms with Gasteiger partial charge in [0.25, 0.3) is 0 Å². The van der Waals surface area contributed by atoms with E-state index in [4.69, 9.17) is 0 Å². The van der Waals surface area contributed by atoms with Gasteiger partial charge in [-0.3, -0.25) is 9.48 Å². The summed E-state index contributed by atoms with van der Waals surface area (Å²) in [7, 11) is 1.79. The molecule has 0 unspecified atom stereocenters. The van der Waals surface area contributed by atoms with E-state index in [0.29, 0.717) is 18.5 Å². The highest BCUT2D eigenvalue weighted by atomic mass is 16.1. The van der Waals surface area contributed by atoms with Crippen molar-refractivity contribution in [2.24, 2.45) is 7.05 Å². The van der Waals surface area contributed by atoms with Gasteiger partial charge in [0.15, 0.2) is 6.29 Å². The van der Waals surface area contributed by atoms with Crippen LogP contribution < -0.4 is 0 Å². The van der Waals surface area contributed by atoms with Crippen molar-refractivity contribution in [3.05, 3.63) is 24.0 Å². The highest BCUT2D eigenvalue weighted by Gasteiger charge is 2.03. The van der Waals surface area contributed by atoms with Crippen LogP contribution in [0.5, 0.6) is 0 Å². The Bertz CT molecular complexity index is 444. The molecule has 0 radical (unpaired) electrons. The van der Waals surface area contributed by atoms with Crippen LogP contribution in [-0.4, -0.2) is 36.0 Å². The number of hydrogen-bond donors (Lipinski definition) is 0. The predicted octanol–water partition coefficient (Wildman–Crippen LogP) is -0.733. The number of nitrogens with zero attached hydrogens (tertiary/aromatic N) is 6. The van der Waals surface area contributed by atoms with E-state index in [1.165, 1.54) is 11.0 Å². The molecule has 0 N–H and O–H groups in total.